The lowest BCUT2D eigenvalue weighted by molar-refractivity contribution is 0.102. The van der Waals surface area contributed by atoms with Gasteiger partial charge < -0.3 is 10.6 Å². The van der Waals surface area contributed by atoms with Gasteiger partial charge in [-0.15, -0.1) is 12.4 Å². The molecule has 0 saturated carbocycles. The van der Waals surface area contributed by atoms with E-state index in [9.17, 15) is 4.79 Å². The molecule has 5 nitrogen and oxygen atoms in total. The maximum absolute atomic E-state index is 12.2. The molecular formula is C16H21ClN4O. The average molecular weight is 321 g/mol. The Kier molecular flexibility index (Phi) is 5.57. The summed E-state index contributed by atoms with van der Waals surface area (Å²) in [6.45, 7) is 4.00. The number of amides is 1. The molecule has 1 aromatic carbocycles. The Labute approximate surface area is 136 Å². The average Bonchev–Trinajstić information content (AvgIpc) is 3.00. The van der Waals surface area contributed by atoms with E-state index >= 15 is 0 Å². The summed E-state index contributed by atoms with van der Waals surface area (Å²) in [4.78, 5) is 12.2. The van der Waals surface area contributed by atoms with Gasteiger partial charge in [0.1, 0.15) is 0 Å². The van der Waals surface area contributed by atoms with Gasteiger partial charge in [0.2, 0.25) is 0 Å². The molecule has 1 saturated heterocycles. The number of hydrogen-bond donors (Lipinski definition) is 2. The predicted octanol–water partition coefficient (Wildman–Crippen LogP) is 2.79. The van der Waals surface area contributed by atoms with Crippen molar-refractivity contribution in [3.63, 3.8) is 0 Å². The van der Waals surface area contributed by atoms with Crippen molar-refractivity contribution in [2.45, 2.75) is 25.8 Å². The molecule has 2 heterocycles. The minimum atomic E-state index is -0.165. The van der Waals surface area contributed by atoms with E-state index in [1.165, 1.54) is 5.56 Å². The van der Waals surface area contributed by atoms with E-state index in [1.807, 2.05) is 42.1 Å². The summed E-state index contributed by atoms with van der Waals surface area (Å²) in [7, 11) is 0. The Morgan fingerprint density at radius 1 is 1.32 bits per heavy atom. The maximum atomic E-state index is 12.2. The van der Waals surface area contributed by atoms with Gasteiger partial charge in [-0.3, -0.25) is 9.48 Å². The van der Waals surface area contributed by atoms with Crippen molar-refractivity contribution < 1.29 is 4.79 Å². The number of rotatable bonds is 3. The first kappa shape index (κ1) is 16.5. The van der Waals surface area contributed by atoms with Crippen LogP contribution in [0.3, 0.4) is 0 Å². The first-order valence-corrected chi connectivity index (χ1v) is 7.36. The van der Waals surface area contributed by atoms with Gasteiger partial charge in [0, 0.05) is 18.4 Å². The van der Waals surface area contributed by atoms with Crippen LogP contribution in [0.15, 0.2) is 36.5 Å². The van der Waals surface area contributed by atoms with Crippen LogP contribution >= 0.6 is 12.4 Å². The lowest BCUT2D eigenvalue weighted by Crippen LogP contribution is -2.32. The molecule has 2 N–H and O–H groups in total. The van der Waals surface area contributed by atoms with Crippen LogP contribution in [-0.4, -0.2) is 28.8 Å². The predicted molar refractivity (Wildman–Crippen MR) is 89.7 cm³/mol. The molecule has 6 heteroatoms. The van der Waals surface area contributed by atoms with Gasteiger partial charge in [0.25, 0.3) is 5.91 Å². The SMILES string of the molecule is Cc1ccc(NC(=O)c2ccn(C3CCCNC3)n2)cc1.Cl. The summed E-state index contributed by atoms with van der Waals surface area (Å²) < 4.78 is 1.90. The fourth-order valence-electron chi connectivity index (χ4n) is 2.55. The molecule has 1 aliphatic heterocycles. The summed E-state index contributed by atoms with van der Waals surface area (Å²) in [5.41, 5.74) is 2.42. The lowest BCUT2D eigenvalue weighted by Gasteiger charge is -2.22. The highest BCUT2D eigenvalue weighted by atomic mass is 35.5. The topological polar surface area (TPSA) is 59.0 Å². The number of anilines is 1. The van der Waals surface area contributed by atoms with Crippen molar-refractivity contribution in [3.8, 4) is 0 Å². The van der Waals surface area contributed by atoms with Gasteiger partial charge in [-0.05, 0) is 44.5 Å². The molecule has 1 aliphatic rings. The van der Waals surface area contributed by atoms with E-state index < -0.39 is 0 Å². The number of hydrogen-bond acceptors (Lipinski definition) is 3. The second-order valence-electron chi connectivity index (χ2n) is 5.50. The van der Waals surface area contributed by atoms with Crippen LogP contribution < -0.4 is 10.6 Å². The highest BCUT2D eigenvalue weighted by Crippen LogP contribution is 2.16. The molecule has 1 amide bonds. The second kappa shape index (κ2) is 7.42. The number of piperidine rings is 1. The molecule has 1 fully saturated rings. The van der Waals surface area contributed by atoms with Crippen molar-refractivity contribution in [1.82, 2.24) is 15.1 Å². The molecule has 118 valence electrons. The molecule has 22 heavy (non-hydrogen) atoms. The summed E-state index contributed by atoms with van der Waals surface area (Å²) in [5.74, 6) is -0.165. The highest BCUT2D eigenvalue weighted by Gasteiger charge is 2.17. The van der Waals surface area contributed by atoms with Crippen molar-refractivity contribution >= 4 is 24.0 Å². The molecule has 0 bridgehead atoms. The molecule has 2 aromatic rings. The Morgan fingerprint density at radius 3 is 2.77 bits per heavy atom. The third-order valence-electron chi connectivity index (χ3n) is 3.80. The normalized spacial score (nSPS) is 17.6. The number of nitrogens with zero attached hydrogens (tertiary/aromatic N) is 2. The van der Waals surface area contributed by atoms with Gasteiger partial charge in [-0.2, -0.15) is 5.10 Å². The summed E-state index contributed by atoms with van der Waals surface area (Å²) in [5, 5.41) is 10.6. The van der Waals surface area contributed by atoms with Crippen LogP contribution in [0, 0.1) is 6.92 Å². The molecule has 1 unspecified atom stereocenters. The lowest BCUT2D eigenvalue weighted by atomic mass is 10.1. The molecule has 0 spiro atoms. The maximum Gasteiger partial charge on any atom is 0.276 e. The van der Waals surface area contributed by atoms with Crippen LogP contribution in [0.25, 0.3) is 0 Å². The van der Waals surface area contributed by atoms with Crippen LogP contribution in [0.5, 0.6) is 0 Å². The zero-order valence-electron chi connectivity index (χ0n) is 12.6. The number of aromatic nitrogens is 2. The fraction of sp³-hybridized carbons (Fsp3) is 0.375. The second-order valence-corrected chi connectivity index (χ2v) is 5.50. The number of nitrogens with one attached hydrogen (secondary N) is 2. The van der Waals surface area contributed by atoms with Gasteiger partial charge in [-0.25, -0.2) is 0 Å². The number of carbonyl (C=O) groups is 1. The third kappa shape index (κ3) is 3.87. The Balaban J connectivity index is 0.00000176. The van der Waals surface area contributed by atoms with Crippen LogP contribution in [0.4, 0.5) is 5.69 Å². The fourth-order valence-corrected chi connectivity index (χ4v) is 2.55. The van der Waals surface area contributed by atoms with Gasteiger partial charge in [0.05, 0.1) is 6.04 Å². The monoisotopic (exact) mass is 320 g/mol. The van der Waals surface area contributed by atoms with E-state index in [4.69, 9.17) is 0 Å². The van der Waals surface area contributed by atoms with E-state index in [0.29, 0.717) is 11.7 Å². The molecular weight excluding hydrogens is 300 g/mol. The Hall–Kier alpha value is -1.85. The van der Waals surface area contributed by atoms with E-state index in [0.717, 1.165) is 31.6 Å². The van der Waals surface area contributed by atoms with Crippen molar-refractivity contribution in [2.75, 3.05) is 18.4 Å². The van der Waals surface area contributed by atoms with E-state index in [1.54, 1.807) is 6.07 Å². The third-order valence-corrected chi connectivity index (χ3v) is 3.80. The van der Waals surface area contributed by atoms with E-state index in [2.05, 4.69) is 15.7 Å². The van der Waals surface area contributed by atoms with Crippen molar-refractivity contribution in [1.29, 1.82) is 0 Å². The molecule has 1 atom stereocenters. The minimum Gasteiger partial charge on any atom is -0.321 e. The van der Waals surface area contributed by atoms with Gasteiger partial charge in [-0.1, -0.05) is 17.7 Å². The Morgan fingerprint density at radius 2 is 2.09 bits per heavy atom. The summed E-state index contributed by atoms with van der Waals surface area (Å²) >= 11 is 0. The first-order valence-electron chi connectivity index (χ1n) is 7.36. The van der Waals surface area contributed by atoms with Gasteiger partial charge in [0.15, 0.2) is 5.69 Å². The number of halogens is 1. The van der Waals surface area contributed by atoms with Crippen LogP contribution in [0.1, 0.15) is 34.9 Å². The molecule has 0 radical (unpaired) electrons. The molecule has 1 aromatic heterocycles. The van der Waals surface area contributed by atoms with Crippen LogP contribution in [0.2, 0.25) is 0 Å². The van der Waals surface area contributed by atoms with Crippen molar-refractivity contribution in [2.24, 2.45) is 0 Å². The zero-order chi connectivity index (χ0) is 14.7. The minimum absolute atomic E-state index is 0. The first-order chi connectivity index (χ1) is 10.2. The number of benzene rings is 1. The van der Waals surface area contributed by atoms with Crippen molar-refractivity contribution in [3.05, 3.63) is 47.8 Å². The number of aryl methyl sites for hydroxylation is 1. The number of carbonyl (C=O) groups excluding carboxylic acids is 1. The standard InChI is InChI=1S/C16H20N4O.ClH/c1-12-4-6-13(7-5-12)18-16(21)15-8-10-20(19-15)14-3-2-9-17-11-14;/h4-8,10,14,17H,2-3,9,11H2,1H3,(H,18,21);1H. The summed E-state index contributed by atoms with van der Waals surface area (Å²) in [6, 6.07) is 9.87. The smallest absolute Gasteiger partial charge is 0.276 e. The summed E-state index contributed by atoms with van der Waals surface area (Å²) in [6.07, 6.45) is 4.14. The zero-order valence-corrected chi connectivity index (χ0v) is 13.4. The molecule has 0 aliphatic carbocycles. The largest absolute Gasteiger partial charge is 0.321 e. The van der Waals surface area contributed by atoms with Gasteiger partial charge >= 0.3 is 0 Å². The quantitative estimate of drug-likeness (QED) is 0.914. The highest BCUT2D eigenvalue weighted by molar-refractivity contribution is 6.02. The molecule has 3 rings (SSSR count). The van der Waals surface area contributed by atoms with E-state index in [-0.39, 0.29) is 18.3 Å². The van der Waals surface area contributed by atoms with Crippen LogP contribution in [-0.2, 0) is 0 Å². The Bertz CT molecular complexity index is 617.